The topological polar surface area (TPSA) is 383 Å². The SMILES string of the molecule is CN(C)C(=N)c1ccc(C(=O)Nc2c(C(=O)Nc3ccc(Cl)cc3CON)cnn2C)cc1.CN(C)C(=N)c1ccc(C(=O)Nc2c(C(=O)Nc3ccc(Cl)cc3O)cnn2C)cc1.COOSc1cc(Cl)ccc1NC(=O)c1cnn(C)c1NC(=O)c1ccc(C(=N)N(C)C)cc1. The van der Waals surface area contributed by atoms with E-state index < -0.39 is 35.4 Å². The fourth-order valence-electron chi connectivity index (χ4n) is 8.72. The van der Waals surface area contributed by atoms with Crippen molar-refractivity contribution in [3.63, 3.8) is 0 Å². The number of nitrogens with two attached hydrogens (primary N) is 1. The number of aryl methyl sites for hydroxylation is 3. The zero-order valence-corrected chi connectivity index (χ0v) is 57.4. The van der Waals surface area contributed by atoms with Crippen LogP contribution in [0.25, 0.3) is 0 Å². The standard InChI is InChI=1S/C22H24ClN7O3.C22H23ClN6O4S.C21H21ClN6O3/c1-29(2)19(24)13-4-6-14(7-5-13)21(31)28-20-17(11-26-30(20)3)22(32)27-18-9-8-16(23)10-15(18)12-33-25;1-28(2)19(24)13-5-7-14(8-6-13)21(30)27-20-16(12-25-29(20)3)22(31)26-17-10-9-15(23)11-18(17)34-33-32-4;1-27(2)18(23)12-4-6-13(7-5-12)20(30)26-19-15(11-24-28(19)3)21(31)25-16-9-8-14(22)10-17(16)29/h4-11,24H,12,25H2,1-3H3,(H,27,32)(H,28,31);5-12,24H,1-4H3,(H,26,31)(H,27,30);4-11,23,29H,1-3H3,(H,25,31)(H,26,30). The minimum Gasteiger partial charge on any atom is -0.506 e. The van der Waals surface area contributed by atoms with Gasteiger partial charge in [-0.15, -0.1) is 0 Å². The summed E-state index contributed by atoms with van der Waals surface area (Å²) in [6.07, 6.45) is 4.04. The molecule has 6 aromatic carbocycles. The summed E-state index contributed by atoms with van der Waals surface area (Å²) < 4.78 is 9.05. The Hall–Kier alpha value is -11.0. The lowest BCUT2D eigenvalue weighted by molar-refractivity contribution is -0.160. The lowest BCUT2D eigenvalue weighted by Gasteiger charge is -2.14. The van der Waals surface area contributed by atoms with Crippen molar-refractivity contribution in [2.45, 2.75) is 11.5 Å². The first-order valence-electron chi connectivity index (χ1n) is 28.9. The molecule has 0 atom stereocenters. The average molecular weight is 1410 g/mol. The molecule has 0 aliphatic carbocycles. The molecule has 3 aromatic heterocycles. The number of rotatable bonds is 20. The van der Waals surface area contributed by atoms with E-state index in [1.807, 2.05) is 0 Å². The van der Waals surface area contributed by atoms with Crippen LogP contribution in [0.4, 0.5) is 34.5 Å². The number of phenols is 1. The van der Waals surface area contributed by atoms with Crippen LogP contribution in [0.1, 0.15) is 84.4 Å². The number of hydrogen-bond donors (Lipinski definition) is 11. The number of carbonyl (C=O) groups is 6. The highest BCUT2D eigenvalue weighted by Crippen LogP contribution is 2.33. The summed E-state index contributed by atoms with van der Waals surface area (Å²) in [5.74, 6) is 3.82. The molecule has 0 saturated carbocycles. The second-order valence-corrected chi connectivity index (χ2v) is 23.6. The summed E-state index contributed by atoms with van der Waals surface area (Å²) in [7, 11) is 16.8. The van der Waals surface area contributed by atoms with E-state index in [0.29, 0.717) is 87.8 Å². The van der Waals surface area contributed by atoms with Crippen LogP contribution in [0.5, 0.6) is 5.75 Å². The van der Waals surface area contributed by atoms with Crippen LogP contribution in [0.3, 0.4) is 0 Å². The predicted molar refractivity (Wildman–Crippen MR) is 377 cm³/mol. The molecule has 0 aliphatic heterocycles. The average Bonchev–Trinajstić information content (AvgIpc) is 1.66. The number of carbonyl (C=O) groups excluding carboxylic acids is 6. The first-order chi connectivity index (χ1) is 46.6. The molecular formula is C65H68Cl3N19O10S. The van der Waals surface area contributed by atoms with E-state index in [1.165, 1.54) is 57.9 Å². The molecule has 0 saturated heterocycles. The first kappa shape index (κ1) is 74.4. The highest BCUT2D eigenvalue weighted by molar-refractivity contribution is 7.94. The Labute approximate surface area is 581 Å². The van der Waals surface area contributed by atoms with Gasteiger partial charge in [0.05, 0.1) is 60.6 Å². The number of aromatic nitrogens is 6. The van der Waals surface area contributed by atoms with Gasteiger partial charge in [0.2, 0.25) is 0 Å². The number of anilines is 6. The van der Waals surface area contributed by atoms with Gasteiger partial charge in [0.25, 0.3) is 35.4 Å². The van der Waals surface area contributed by atoms with Crippen molar-refractivity contribution in [1.29, 1.82) is 16.2 Å². The summed E-state index contributed by atoms with van der Waals surface area (Å²) in [5.41, 5.74) is 5.27. The monoisotopic (exact) mass is 1410 g/mol. The summed E-state index contributed by atoms with van der Waals surface area (Å²) in [4.78, 5) is 91.8. The van der Waals surface area contributed by atoms with Crippen LogP contribution in [-0.4, -0.2) is 151 Å². The molecule has 3 heterocycles. The smallest absolute Gasteiger partial charge is 0.261 e. The summed E-state index contributed by atoms with van der Waals surface area (Å²) in [6, 6.07) is 33.9. The van der Waals surface area contributed by atoms with E-state index in [-0.39, 0.29) is 52.2 Å². The number of amidine groups is 3. The van der Waals surface area contributed by atoms with Crippen molar-refractivity contribution in [2.75, 3.05) is 81.3 Å². The largest absolute Gasteiger partial charge is 0.506 e. The molecule has 33 heteroatoms. The number of phenolic OH excluding ortho intramolecular Hbond substituents is 1. The number of halogens is 3. The van der Waals surface area contributed by atoms with Crippen molar-refractivity contribution in [3.05, 3.63) is 217 Å². The molecule has 12 N–H and O–H groups in total. The number of nitrogens with one attached hydrogen (secondary N) is 9. The summed E-state index contributed by atoms with van der Waals surface area (Å²) in [5, 5.41) is 63.8. The van der Waals surface area contributed by atoms with Gasteiger partial charge in [0.1, 0.15) is 57.4 Å². The molecule has 9 rings (SSSR count). The first-order valence-corrected chi connectivity index (χ1v) is 30.7. The second kappa shape index (κ2) is 34.1. The van der Waals surface area contributed by atoms with Gasteiger partial charge in [-0.3, -0.25) is 63.9 Å². The fraction of sp³-hybridized carbons (Fsp3) is 0.169. The molecule has 98 heavy (non-hydrogen) atoms. The Morgan fingerprint density at radius 1 is 0.469 bits per heavy atom. The van der Waals surface area contributed by atoms with Crippen LogP contribution >= 0.6 is 46.8 Å². The Bertz CT molecular complexity index is 4450. The van der Waals surface area contributed by atoms with Gasteiger partial charge in [-0.25, -0.2) is 10.8 Å². The lowest BCUT2D eigenvalue weighted by Crippen LogP contribution is -2.22. The molecule has 9 aromatic rings. The third kappa shape index (κ3) is 19.4. The Balaban J connectivity index is 0.000000207. The number of aromatic hydroxyl groups is 1. The summed E-state index contributed by atoms with van der Waals surface area (Å²) >= 11 is 18.7. The second-order valence-electron chi connectivity index (χ2n) is 21.5. The third-order valence-corrected chi connectivity index (χ3v) is 15.4. The third-order valence-electron chi connectivity index (χ3n) is 14.0. The van der Waals surface area contributed by atoms with Crippen molar-refractivity contribution < 1.29 is 47.9 Å². The zero-order valence-electron chi connectivity index (χ0n) is 54.3. The van der Waals surface area contributed by atoms with Gasteiger partial charge in [0, 0.05) is 129 Å². The molecule has 0 unspecified atom stereocenters. The normalized spacial score (nSPS) is 10.6. The Morgan fingerprint density at radius 3 is 1.13 bits per heavy atom. The number of benzene rings is 6. The maximum atomic E-state index is 13.0. The Morgan fingerprint density at radius 2 is 0.786 bits per heavy atom. The molecule has 510 valence electrons. The van der Waals surface area contributed by atoms with Gasteiger partial charge >= 0.3 is 0 Å². The van der Waals surface area contributed by atoms with Crippen molar-refractivity contribution in [2.24, 2.45) is 27.0 Å². The van der Waals surface area contributed by atoms with Crippen molar-refractivity contribution >= 4 is 134 Å². The summed E-state index contributed by atoms with van der Waals surface area (Å²) in [6.45, 7) is 0.0497. The molecule has 0 spiro atoms. The number of amides is 6. The molecule has 29 nitrogen and oxygen atoms in total. The van der Waals surface area contributed by atoms with Crippen LogP contribution in [-0.2, 0) is 41.8 Å². The number of nitrogens with zero attached hydrogens (tertiary/aromatic N) is 9. The van der Waals surface area contributed by atoms with Crippen molar-refractivity contribution in [3.8, 4) is 5.75 Å². The van der Waals surface area contributed by atoms with E-state index in [9.17, 15) is 33.9 Å². The highest BCUT2D eigenvalue weighted by atomic mass is 35.5. The predicted octanol–water partition coefficient (Wildman–Crippen LogP) is 10.1. The van der Waals surface area contributed by atoms with E-state index >= 15 is 0 Å². The fourth-order valence-corrected chi connectivity index (χ4v) is 9.84. The quantitative estimate of drug-likeness (QED) is 0.00843. The van der Waals surface area contributed by atoms with E-state index in [2.05, 4.69) is 56.9 Å². The molecule has 6 amide bonds. The van der Waals surface area contributed by atoms with Gasteiger partial charge in [-0.05, 0) is 84.9 Å². The van der Waals surface area contributed by atoms with Gasteiger partial charge < -0.3 is 51.7 Å². The highest BCUT2D eigenvalue weighted by Gasteiger charge is 2.25. The molecule has 0 fully saturated rings. The van der Waals surface area contributed by atoms with Crippen LogP contribution in [0.2, 0.25) is 15.1 Å². The van der Waals surface area contributed by atoms with E-state index in [0.717, 1.165) is 12.0 Å². The van der Waals surface area contributed by atoms with Crippen molar-refractivity contribution in [1.82, 2.24) is 44.0 Å². The van der Waals surface area contributed by atoms with Gasteiger partial charge in [-0.1, -0.05) is 71.2 Å². The van der Waals surface area contributed by atoms with Crippen LogP contribution < -0.4 is 37.8 Å². The lowest BCUT2D eigenvalue weighted by atomic mass is 10.1. The van der Waals surface area contributed by atoms with E-state index in [1.54, 1.807) is 187 Å². The van der Waals surface area contributed by atoms with Gasteiger partial charge in [-0.2, -0.15) is 19.6 Å². The number of hydrogen-bond acceptors (Lipinski definition) is 18. The van der Waals surface area contributed by atoms with Crippen LogP contribution in [0, 0.1) is 16.2 Å². The van der Waals surface area contributed by atoms with Gasteiger partial charge in [0.15, 0.2) is 0 Å². The minimum atomic E-state index is -0.559. The minimum absolute atomic E-state index is 0.0497. The van der Waals surface area contributed by atoms with E-state index in [4.69, 9.17) is 61.3 Å². The maximum absolute atomic E-state index is 13.0. The zero-order chi connectivity index (χ0) is 71.7. The molecule has 0 radical (unpaired) electrons. The molecule has 0 bridgehead atoms. The Kier molecular flexibility index (Phi) is 25.9. The maximum Gasteiger partial charge on any atom is 0.261 e. The molecule has 0 aliphatic rings. The van der Waals surface area contributed by atoms with Crippen LogP contribution in [0.15, 0.2) is 151 Å². The molecular weight excluding hydrogens is 1350 g/mol.